The fourth-order valence-corrected chi connectivity index (χ4v) is 10.5. The Labute approximate surface area is 398 Å². The van der Waals surface area contributed by atoms with Crippen molar-refractivity contribution < 1.29 is 4.42 Å². The lowest BCUT2D eigenvalue weighted by molar-refractivity contribution is 0.674. The largest absolute Gasteiger partial charge is 0.453 e. The quantitative estimate of drug-likeness (QED) is 0.145. The minimum atomic E-state index is 0.586. The van der Waals surface area contributed by atoms with Crippen molar-refractivity contribution >= 4 is 60.7 Å². The zero-order valence-corrected chi connectivity index (χ0v) is 37.8. The molecule has 0 aliphatic heterocycles. The Kier molecular flexibility index (Phi) is 9.51. The lowest BCUT2D eigenvalue weighted by Crippen LogP contribution is -2.05. The Morgan fingerprint density at radius 1 is 0.449 bits per heavy atom. The van der Waals surface area contributed by atoms with Gasteiger partial charge in [0.25, 0.3) is 0 Å². The molecule has 0 saturated heterocycles. The molecule has 326 valence electrons. The third kappa shape index (κ3) is 6.45. The maximum absolute atomic E-state index is 7.37. The third-order valence-corrected chi connectivity index (χ3v) is 13.5. The van der Waals surface area contributed by atoms with Gasteiger partial charge < -0.3 is 13.6 Å². The number of hydrogen-bond acceptors (Lipinski definition) is 4. The van der Waals surface area contributed by atoms with Crippen LogP contribution in [-0.2, 0) is 6.42 Å². The molecule has 0 saturated carbocycles. The van der Waals surface area contributed by atoms with E-state index in [9.17, 15) is 0 Å². The van der Waals surface area contributed by atoms with E-state index in [1.54, 1.807) is 0 Å². The summed E-state index contributed by atoms with van der Waals surface area (Å²) in [6.07, 6.45) is 2.77. The maximum atomic E-state index is 7.37. The Balaban J connectivity index is 1.13. The molecule has 9 aromatic carbocycles. The van der Waals surface area contributed by atoms with Crippen LogP contribution in [0.1, 0.15) is 18.2 Å². The van der Waals surface area contributed by atoms with Crippen molar-refractivity contribution in [3.8, 4) is 67.8 Å². The molecule has 0 unspecified atom stereocenters. The summed E-state index contributed by atoms with van der Waals surface area (Å²) in [5.41, 5.74) is 16.1. The van der Waals surface area contributed by atoms with Crippen LogP contribution in [-0.4, -0.2) is 24.1 Å². The van der Waals surface area contributed by atoms with Gasteiger partial charge >= 0.3 is 0 Å². The monoisotopic (exact) mass is 885 g/mol. The summed E-state index contributed by atoms with van der Waals surface area (Å²) in [6, 6.07) is 74.3. The van der Waals surface area contributed by atoms with Gasteiger partial charge in [-0.25, -0.2) is 15.0 Å². The second-order valence-corrected chi connectivity index (χ2v) is 17.4. The molecule has 0 fully saturated rings. The Bertz CT molecular complexity index is 3980. The number of furan rings is 1. The van der Waals surface area contributed by atoms with E-state index in [-0.39, 0.29) is 0 Å². The van der Waals surface area contributed by atoms with E-state index in [2.05, 4.69) is 174 Å². The maximum Gasteiger partial charge on any atom is 0.164 e. The van der Waals surface area contributed by atoms with Crippen LogP contribution in [0, 0.1) is 0 Å². The molecule has 0 spiro atoms. The summed E-state index contributed by atoms with van der Waals surface area (Å²) in [4.78, 5) is 15.5. The zero-order chi connectivity index (χ0) is 46.0. The minimum Gasteiger partial charge on any atom is -0.453 e. The third-order valence-electron chi connectivity index (χ3n) is 13.5. The number of hydrogen-bond donors (Lipinski definition) is 0. The van der Waals surface area contributed by atoms with Crippen LogP contribution in [0.3, 0.4) is 0 Å². The van der Waals surface area contributed by atoms with E-state index >= 15 is 0 Å². The predicted molar refractivity (Wildman–Crippen MR) is 285 cm³/mol. The zero-order valence-electron chi connectivity index (χ0n) is 37.8. The fourth-order valence-electron chi connectivity index (χ4n) is 10.5. The summed E-state index contributed by atoms with van der Waals surface area (Å²) in [6.45, 7) is 6.75. The molecule has 0 atom stereocenters. The molecule has 4 heterocycles. The molecular weight excluding hydrogens is 843 g/mol. The number of rotatable bonds is 9. The first kappa shape index (κ1) is 40.2. The van der Waals surface area contributed by atoms with Crippen LogP contribution in [0.2, 0.25) is 0 Å². The Morgan fingerprint density at radius 3 is 1.49 bits per heavy atom. The molecule has 6 heteroatoms. The lowest BCUT2D eigenvalue weighted by Gasteiger charge is -2.21. The van der Waals surface area contributed by atoms with Crippen molar-refractivity contribution in [3.63, 3.8) is 0 Å². The fraction of sp³-hybridized carbons (Fsp3) is 0.0317. The van der Waals surface area contributed by atoms with Crippen LogP contribution >= 0.6 is 0 Å². The second-order valence-electron chi connectivity index (χ2n) is 17.4. The summed E-state index contributed by atoms with van der Waals surface area (Å²) < 4.78 is 12.1. The summed E-state index contributed by atoms with van der Waals surface area (Å²) in [5.74, 6) is 1.81. The smallest absolute Gasteiger partial charge is 0.164 e. The highest BCUT2D eigenvalue weighted by Gasteiger charge is 2.27. The molecule has 69 heavy (non-hydrogen) atoms. The average molecular weight is 886 g/mol. The number of benzene rings is 9. The average Bonchev–Trinajstić information content (AvgIpc) is 4.09. The first-order chi connectivity index (χ1) is 34.2. The molecule has 0 aliphatic rings. The SMILES string of the molecule is C=Cc1c(CC)c2c3oc4c(ccc5c6ccccc6n(-c6ccccc6)c54)c3ccc2n1-c1c(-c2ccccc2)cc(-c2nc(-c3ccccc3)nc(-c3ccccc3)n2)cc1-c1ccccc1. The van der Waals surface area contributed by atoms with Crippen LogP contribution in [0.4, 0.5) is 0 Å². The molecule has 13 aromatic rings. The Morgan fingerprint density at radius 2 is 0.928 bits per heavy atom. The first-order valence-corrected chi connectivity index (χ1v) is 23.5. The van der Waals surface area contributed by atoms with Gasteiger partial charge in [0, 0.05) is 66.1 Å². The van der Waals surface area contributed by atoms with E-state index in [4.69, 9.17) is 19.4 Å². The first-order valence-electron chi connectivity index (χ1n) is 23.5. The number of nitrogens with zero attached hydrogens (tertiary/aromatic N) is 5. The van der Waals surface area contributed by atoms with E-state index < -0.39 is 0 Å². The summed E-state index contributed by atoms with van der Waals surface area (Å²) >= 11 is 0. The summed E-state index contributed by atoms with van der Waals surface area (Å²) in [7, 11) is 0. The molecule has 6 nitrogen and oxygen atoms in total. The predicted octanol–water partition coefficient (Wildman–Crippen LogP) is 16.4. The van der Waals surface area contributed by atoms with Gasteiger partial charge in [0.05, 0.1) is 22.2 Å². The highest BCUT2D eigenvalue weighted by Crippen LogP contribution is 2.47. The van der Waals surface area contributed by atoms with E-state index in [1.807, 2.05) is 66.7 Å². The van der Waals surface area contributed by atoms with Gasteiger partial charge in [-0.15, -0.1) is 0 Å². The van der Waals surface area contributed by atoms with Crippen molar-refractivity contribution in [2.75, 3.05) is 0 Å². The number of fused-ring (bicyclic) bond motifs is 9. The van der Waals surface area contributed by atoms with Gasteiger partial charge in [-0.2, -0.15) is 0 Å². The normalized spacial score (nSPS) is 11.7. The van der Waals surface area contributed by atoms with Gasteiger partial charge in [-0.3, -0.25) is 0 Å². The molecule has 0 bridgehead atoms. The molecule has 13 rings (SSSR count). The van der Waals surface area contributed by atoms with Gasteiger partial charge in [-0.05, 0) is 77.7 Å². The van der Waals surface area contributed by atoms with Crippen molar-refractivity contribution in [1.82, 2.24) is 24.1 Å². The molecule has 0 radical (unpaired) electrons. The molecule has 4 aromatic heterocycles. The van der Waals surface area contributed by atoms with E-state index in [0.29, 0.717) is 17.5 Å². The number of aromatic nitrogens is 5. The molecule has 0 aliphatic carbocycles. The van der Waals surface area contributed by atoms with E-state index in [1.165, 1.54) is 10.9 Å². The Hall–Kier alpha value is -9.13. The lowest BCUT2D eigenvalue weighted by atomic mass is 9.92. The van der Waals surface area contributed by atoms with Gasteiger partial charge in [0.15, 0.2) is 23.1 Å². The van der Waals surface area contributed by atoms with Crippen molar-refractivity contribution in [2.24, 2.45) is 0 Å². The van der Waals surface area contributed by atoms with Gasteiger partial charge in [0.2, 0.25) is 0 Å². The highest BCUT2D eigenvalue weighted by molar-refractivity contribution is 6.24. The standard InChI is InChI=1S/C63H43N5O/c1-3-46-53(4-2)68(55-37-36-49-50-35-34-48-47-32-20-21-33-54(47)67(45-30-18-9-19-31-45)58(48)60(50)69-59(49)56(46)55)57-51(40-22-10-5-11-23-40)38-44(39-52(57)41-24-12-6-13-25-41)63-65-61(42-26-14-7-15-27-42)64-62(66-63)43-28-16-8-17-29-43/h4-39H,2-3H2,1H3. The van der Waals surface area contributed by atoms with Crippen molar-refractivity contribution in [1.29, 1.82) is 0 Å². The molecule has 0 N–H and O–H groups in total. The van der Waals surface area contributed by atoms with Gasteiger partial charge in [0.1, 0.15) is 5.58 Å². The van der Waals surface area contributed by atoms with Crippen molar-refractivity contribution in [2.45, 2.75) is 13.3 Å². The van der Waals surface area contributed by atoms with Crippen LogP contribution in [0.15, 0.2) is 223 Å². The van der Waals surface area contributed by atoms with Crippen LogP contribution < -0.4 is 0 Å². The van der Waals surface area contributed by atoms with E-state index in [0.717, 1.165) is 112 Å². The molecule has 0 amide bonds. The minimum absolute atomic E-state index is 0.586. The van der Waals surface area contributed by atoms with Crippen LogP contribution in [0.5, 0.6) is 0 Å². The van der Waals surface area contributed by atoms with Crippen molar-refractivity contribution in [3.05, 3.63) is 230 Å². The number of para-hydroxylation sites is 2. The second kappa shape index (κ2) is 16.3. The highest BCUT2D eigenvalue weighted by atomic mass is 16.3. The molecular formula is C63H43N5O. The number of aryl methyl sites for hydroxylation is 1. The van der Waals surface area contributed by atoms with Gasteiger partial charge in [-0.1, -0.05) is 177 Å². The topological polar surface area (TPSA) is 61.7 Å². The van der Waals surface area contributed by atoms with Crippen LogP contribution in [0.25, 0.3) is 129 Å². The summed E-state index contributed by atoms with van der Waals surface area (Å²) in [5, 5.41) is 5.58.